The Hall–Kier alpha value is -3.05. The number of hydrogen-bond donors (Lipinski definition) is 3. The van der Waals surface area contributed by atoms with Crippen molar-refractivity contribution >= 4 is 27.3 Å². The van der Waals surface area contributed by atoms with Gasteiger partial charge in [-0.25, -0.2) is 13.0 Å². The molecule has 10 nitrogen and oxygen atoms in total. The fourth-order valence-electron chi connectivity index (χ4n) is 4.07. The molecule has 0 unspecified atom stereocenters. The Kier molecular flexibility index (Phi) is 6.83. The molecule has 1 saturated heterocycles. The standard InChI is InChI=1S/C24H33N5O5S/c1-15(2)16-13-18(33-14-16)21(24(3,4)5)26-23-22(27-34-28-23)25-17-9-8-10-19(20(17)30)35(31,32)29-11-6-7-12-29/h8-10,13-15,21,30H,6-7,11-12H2,1-5H3,(H,25,27)(H,26,28)/t21-/m0/s1. The van der Waals surface area contributed by atoms with Crippen LogP contribution in [0.1, 0.15) is 70.7 Å². The molecule has 1 aromatic carbocycles. The highest BCUT2D eigenvalue weighted by atomic mass is 32.2. The third-order valence-corrected chi connectivity index (χ3v) is 8.09. The molecule has 3 heterocycles. The van der Waals surface area contributed by atoms with Crippen molar-refractivity contribution in [2.45, 2.75) is 64.3 Å². The van der Waals surface area contributed by atoms with Gasteiger partial charge in [0.15, 0.2) is 5.75 Å². The first-order valence-electron chi connectivity index (χ1n) is 11.7. The van der Waals surface area contributed by atoms with Crippen LogP contribution < -0.4 is 10.6 Å². The van der Waals surface area contributed by atoms with Crippen LogP contribution in [0.15, 0.2) is 44.5 Å². The normalized spacial score (nSPS) is 16.1. The van der Waals surface area contributed by atoms with Crippen LogP contribution in [-0.4, -0.2) is 41.2 Å². The number of benzene rings is 1. The van der Waals surface area contributed by atoms with Gasteiger partial charge in [-0.05, 0) is 58.3 Å². The summed E-state index contributed by atoms with van der Waals surface area (Å²) in [6.45, 7) is 11.3. The lowest BCUT2D eigenvalue weighted by Gasteiger charge is -2.29. The van der Waals surface area contributed by atoms with Gasteiger partial charge >= 0.3 is 0 Å². The fourth-order valence-corrected chi connectivity index (χ4v) is 5.69. The first kappa shape index (κ1) is 25.1. The maximum Gasteiger partial charge on any atom is 0.246 e. The number of aromatic hydroxyl groups is 1. The van der Waals surface area contributed by atoms with Crippen molar-refractivity contribution in [1.82, 2.24) is 14.6 Å². The number of sulfonamides is 1. The zero-order valence-corrected chi connectivity index (χ0v) is 21.5. The molecule has 1 fully saturated rings. The number of para-hydroxylation sites is 1. The largest absolute Gasteiger partial charge is 0.504 e. The first-order chi connectivity index (χ1) is 16.5. The van der Waals surface area contributed by atoms with Crippen molar-refractivity contribution in [2.24, 2.45) is 5.41 Å². The summed E-state index contributed by atoms with van der Waals surface area (Å²) in [5.74, 6) is 1.21. The van der Waals surface area contributed by atoms with Gasteiger partial charge in [-0.3, -0.25) is 0 Å². The lowest BCUT2D eigenvalue weighted by Crippen LogP contribution is -2.28. The van der Waals surface area contributed by atoms with E-state index < -0.39 is 10.0 Å². The van der Waals surface area contributed by atoms with Crippen molar-refractivity contribution in [3.63, 3.8) is 0 Å². The second kappa shape index (κ2) is 9.54. The number of furan rings is 1. The molecular formula is C24H33N5O5S. The highest BCUT2D eigenvalue weighted by Crippen LogP contribution is 2.40. The molecule has 4 rings (SSSR count). The highest BCUT2D eigenvalue weighted by molar-refractivity contribution is 7.89. The Morgan fingerprint density at radius 2 is 1.80 bits per heavy atom. The molecule has 0 aliphatic carbocycles. The smallest absolute Gasteiger partial charge is 0.246 e. The van der Waals surface area contributed by atoms with Gasteiger partial charge < -0.3 is 20.2 Å². The third kappa shape index (κ3) is 5.15. The monoisotopic (exact) mass is 503 g/mol. The number of phenols is 1. The van der Waals surface area contributed by atoms with Crippen LogP contribution in [-0.2, 0) is 10.0 Å². The molecular weight excluding hydrogens is 470 g/mol. The van der Waals surface area contributed by atoms with E-state index in [4.69, 9.17) is 9.05 Å². The van der Waals surface area contributed by atoms with Crippen molar-refractivity contribution in [3.05, 3.63) is 41.9 Å². The van der Waals surface area contributed by atoms with Crippen LogP contribution in [0.2, 0.25) is 0 Å². The Labute approximate surface area is 205 Å². The van der Waals surface area contributed by atoms with E-state index in [0.29, 0.717) is 24.8 Å². The van der Waals surface area contributed by atoms with E-state index in [-0.39, 0.29) is 33.6 Å². The van der Waals surface area contributed by atoms with Gasteiger partial charge in [0.2, 0.25) is 21.7 Å². The molecule has 0 saturated carbocycles. The number of nitrogens with one attached hydrogen (secondary N) is 2. The van der Waals surface area contributed by atoms with E-state index in [1.165, 1.54) is 10.4 Å². The minimum absolute atomic E-state index is 0.153. The topological polar surface area (TPSA) is 134 Å². The molecule has 2 aromatic heterocycles. The highest BCUT2D eigenvalue weighted by Gasteiger charge is 2.33. The number of anilines is 3. The molecule has 1 aliphatic heterocycles. The minimum Gasteiger partial charge on any atom is -0.504 e. The van der Waals surface area contributed by atoms with Crippen LogP contribution in [0.4, 0.5) is 17.3 Å². The summed E-state index contributed by atoms with van der Waals surface area (Å²) in [5.41, 5.74) is 1.01. The van der Waals surface area contributed by atoms with Crippen molar-refractivity contribution in [1.29, 1.82) is 0 Å². The van der Waals surface area contributed by atoms with Crippen LogP contribution in [0, 0.1) is 5.41 Å². The van der Waals surface area contributed by atoms with E-state index in [0.717, 1.165) is 24.2 Å². The molecule has 3 aromatic rings. The molecule has 1 atom stereocenters. The van der Waals surface area contributed by atoms with E-state index >= 15 is 0 Å². The zero-order chi connectivity index (χ0) is 25.4. The van der Waals surface area contributed by atoms with E-state index in [1.54, 1.807) is 18.4 Å². The quantitative estimate of drug-likeness (QED) is 0.354. The average molecular weight is 504 g/mol. The summed E-state index contributed by atoms with van der Waals surface area (Å²) in [7, 11) is -3.80. The lowest BCUT2D eigenvalue weighted by atomic mass is 9.85. The number of aromatic nitrogens is 2. The summed E-state index contributed by atoms with van der Waals surface area (Å²) in [4.78, 5) is -0.153. The van der Waals surface area contributed by atoms with Crippen molar-refractivity contribution in [2.75, 3.05) is 23.7 Å². The molecule has 35 heavy (non-hydrogen) atoms. The van der Waals surface area contributed by atoms with Crippen LogP contribution in [0.5, 0.6) is 5.75 Å². The number of hydrogen-bond acceptors (Lipinski definition) is 9. The van der Waals surface area contributed by atoms with Crippen molar-refractivity contribution < 1.29 is 22.6 Å². The predicted molar refractivity (Wildman–Crippen MR) is 132 cm³/mol. The third-order valence-electron chi connectivity index (χ3n) is 6.16. The van der Waals surface area contributed by atoms with Gasteiger partial charge in [0.05, 0.1) is 18.0 Å². The van der Waals surface area contributed by atoms with Gasteiger partial charge in [0.25, 0.3) is 0 Å². The number of phenolic OH excluding ortho intramolecular Hbond substituents is 1. The molecule has 1 aliphatic rings. The van der Waals surface area contributed by atoms with Crippen LogP contribution in [0.25, 0.3) is 0 Å². The van der Waals surface area contributed by atoms with Gasteiger partial charge in [0.1, 0.15) is 10.7 Å². The minimum atomic E-state index is -3.80. The van der Waals surface area contributed by atoms with Gasteiger partial charge in [-0.1, -0.05) is 40.7 Å². The zero-order valence-electron chi connectivity index (χ0n) is 20.7. The Bertz CT molecular complexity index is 1270. The van der Waals surface area contributed by atoms with E-state index in [1.807, 2.05) is 6.07 Å². The SMILES string of the molecule is CC(C)c1coc([C@H](Nc2nonc2Nc2cccc(S(=O)(=O)N3CCCC3)c2O)C(C)(C)C)c1. The second-order valence-electron chi connectivity index (χ2n) is 10.2. The van der Waals surface area contributed by atoms with Gasteiger partial charge in [-0.2, -0.15) is 4.31 Å². The summed E-state index contributed by atoms with van der Waals surface area (Å²) < 4.78 is 38.2. The number of rotatable bonds is 8. The molecule has 0 radical (unpaired) electrons. The molecule has 0 spiro atoms. The summed E-state index contributed by atoms with van der Waals surface area (Å²) in [5, 5.41) is 25.0. The molecule has 190 valence electrons. The Balaban J connectivity index is 1.61. The molecule has 11 heteroatoms. The average Bonchev–Trinajstić information content (AvgIpc) is 3.54. The predicted octanol–water partition coefficient (Wildman–Crippen LogP) is 5.22. The Morgan fingerprint density at radius 1 is 1.11 bits per heavy atom. The van der Waals surface area contributed by atoms with Gasteiger partial charge in [0, 0.05) is 13.1 Å². The van der Waals surface area contributed by atoms with E-state index in [9.17, 15) is 13.5 Å². The summed E-state index contributed by atoms with van der Waals surface area (Å²) >= 11 is 0. The second-order valence-corrected chi connectivity index (χ2v) is 12.1. The van der Waals surface area contributed by atoms with Gasteiger partial charge in [-0.15, -0.1) is 0 Å². The molecule has 0 amide bonds. The summed E-state index contributed by atoms with van der Waals surface area (Å²) in [6.07, 6.45) is 3.37. The fraction of sp³-hybridized carbons (Fsp3) is 0.500. The molecule has 0 bridgehead atoms. The lowest BCUT2D eigenvalue weighted by molar-refractivity contribution is 0.294. The van der Waals surface area contributed by atoms with Crippen LogP contribution in [0.3, 0.4) is 0 Å². The van der Waals surface area contributed by atoms with E-state index in [2.05, 4.69) is 55.6 Å². The van der Waals surface area contributed by atoms with Crippen LogP contribution >= 0.6 is 0 Å². The Morgan fingerprint density at radius 3 is 2.43 bits per heavy atom. The molecule has 3 N–H and O–H groups in total. The number of nitrogens with zero attached hydrogens (tertiary/aromatic N) is 3. The first-order valence-corrected chi connectivity index (χ1v) is 13.2. The maximum atomic E-state index is 13.0. The summed E-state index contributed by atoms with van der Waals surface area (Å²) in [6, 6.07) is 6.29. The maximum absolute atomic E-state index is 13.0. The van der Waals surface area contributed by atoms with Crippen molar-refractivity contribution in [3.8, 4) is 5.75 Å².